The van der Waals surface area contributed by atoms with Crippen LogP contribution in [-0.4, -0.2) is 32.7 Å². The Hall–Kier alpha value is -1.53. The number of carbonyl (C=O) groups is 1. The maximum absolute atomic E-state index is 12.6. The van der Waals surface area contributed by atoms with Crippen LogP contribution in [0.5, 0.6) is 0 Å². The molecule has 1 atom stereocenters. The molecule has 2 heterocycles. The molecule has 0 bridgehead atoms. The fourth-order valence-electron chi connectivity index (χ4n) is 2.46. The number of anilines is 1. The Morgan fingerprint density at radius 1 is 1.50 bits per heavy atom. The molecule has 1 amide bonds. The number of rotatable bonds is 3. The maximum Gasteiger partial charge on any atom is 0.228 e. The average Bonchev–Trinajstić information content (AvgIpc) is 2.95. The van der Waals surface area contributed by atoms with E-state index in [9.17, 15) is 4.79 Å². The highest BCUT2D eigenvalue weighted by Gasteiger charge is 2.24. The van der Waals surface area contributed by atoms with Crippen molar-refractivity contribution in [2.75, 3.05) is 11.4 Å². The van der Waals surface area contributed by atoms with E-state index in [2.05, 4.69) is 17.2 Å². The molecule has 0 radical (unpaired) electrons. The molecular formula is C15H17ClN4OS. The Kier molecular flexibility index (Phi) is 4.69. The SMILES string of the molecule is C[C@@H]1CCN(C(=O)CCn2ccnn2)c2cc(Cl)ccc2S1. The van der Waals surface area contributed by atoms with Gasteiger partial charge in [-0.05, 0) is 24.6 Å². The van der Waals surface area contributed by atoms with Gasteiger partial charge in [0, 0.05) is 34.3 Å². The van der Waals surface area contributed by atoms with Crippen molar-refractivity contribution in [1.29, 1.82) is 0 Å². The molecular weight excluding hydrogens is 320 g/mol. The minimum absolute atomic E-state index is 0.0914. The number of aryl methyl sites for hydroxylation is 1. The molecule has 7 heteroatoms. The van der Waals surface area contributed by atoms with Crippen molar-refractivity contribution in [2.24, 2.45) is 0 Å². The molecule has 1 aromatic heterocycles. The Bertz CT molecular complexity index is 662. The van der Waals surface area contributed by atoms with Gasteiger partial charge in [0.1, 0.15) is 0 Å². The molecule has 0 saturated carbocycles. The molecule has 2 aromatic rings. The lowest BCUT2D eigenvalue weighted by Crippen LogP contribution is -2.32. The van der Waals surface area contributed by atoms with Gasteiger partial charge < -0.3 is 4.90 Å². The summed E-state index contributed by atoms with van der Waals surface area (Å²) in [5, 5.41) is 8.78. The summed E-state index contributed by atoms with van der Waals surface area (Å²) in [5.41, 5.74) is 0.922. The molecule has 0 saturated heterocycles. The van der Waals surface area contributed by atoms with Crippen molar-refractivity contribution in [1.82, 2.24) is 15.0 Å². The van der Waals surface area contributed by atoms with Crippen LogP contribution in [0.15, 0.2) is 35.5 Å². The summed E-state index contributed by atoms with van der Waals surface area (Å²) in [6.45, 7) is 3.44. The lowest BCUT2D eigenvalue weighted by Gasteiger charge is -2.22. The van der Waals surface area contributed by atoms with E-state index in [1.165, 1.54) is 0 Å². The first-order valence-electron chi connectivity index (χ1n) is 7.24. The number of hydrogen-bond acceptors (Lipinski definition) is 4. The molecule has 1 aliphatic heterocycles. The van der Waals surface area contributed by atoms with Gasteiger partial charge in [-0.1, -0.05) is 23.7 Å². The van der Waals surface area contributed by atoms with Gasteiger partial charge in [0.25, 0.3) is 0 Å². The second-order valence-corrected chi connectivity index (χ2v) is 7.21. The molecule has 1 aliphatic rings. The molecule has 3 rings (SSSR count). The number of carbonyl (C=O) groups excluding carboxylic acids is 1. The number of thioether (sulfide) groups is 1. The van der Waals surface area contributed by atoms with Crippen LogP contribution in [0, 0.1) is 0 Å². The molecule has 116 valence electrons. The highest BCUT2D eigenvalue weighted by molar-refractivity contribution is 8.00. The van der Waals surface area contributed by atoms with Gasteiger partial charge in [0.2, 0.25) is 5.91 Å². The predicted octanol–water partition coefficient (Wildman–Crippen LogP) is 3.24. The van der Waals surface area contributed by atoms with E-state index in [-0.39, 0.29) is 5.91 Å². The zero-order chi connectivity index (χ0) is 15.5. The average molecular weight is 337 g/mol. The van der Waals surface area contributed by atoms with E-state index >= 15 is 0 Å². The molecule has 0 spiro atoms. The smallest absolute Gasteiger partial charge is 0.228 e. The van der Waals surface area contributed by atoms with Crippen LogP contribution in [-0.2, 0) is 11.3 Å². The zero-order valence-electron chi connectivity index (χ0n) is 12.3. The molecule has 0 aliphatic carbocycles. The van der Waals surface area contributed by atoms with Crippen LogP contribution < -0.4 is 4.90 Å². The van der Waals surface area contributed by atoms with Crippen LogP contribution in [0.1, 0.15) is 19.8 Å². The van der Waals surface area contributed by atoms with Gasteiger partial charge in [-0.25, -0.2) is 0 Å². The summed E-state index contributed by atoms with van der Waals surface area (Å²) in [4.78, 5) is 15.6. The number of hydrogen-bond donors (Lipinski definition) is 0. The predicted molar refractivity (Wildman–Crippen MR) is 88.4 cm³/mol. The molecule has 0 N–H and O–H groups in total. The van der Waals surface area contributed by atoms with E-state index in [1.807, 2.05) is 23.1 Å². The first kappa shape index (κ1) is 15.4. The summed E-state index contributed by atoms with van der Waals surface area (Å²) in [6, 6.07) is 5.76. The summed E-state index contributed by atoms with van der Waals surface area (Å²) < 4.78 is 1.67. The Balaban J connectivity index is 1.80. The highest BCUT2D eigenvalue weighted by atomic mass is 35.5. The van der Waals surface area contributed by atoms with Gasteiger partial charge >= 0.3 is 0 Å². The highest BCUT2D eigenvalue weighted by Crippen LogP contribution is 2.39. The molecule has 0 unspecified atom stereocenters. The lowest BCUT2D eigenvalue weighted by atomic mass is 10.2. The van der Waals surface area contributed by atoms with Crippen LogP contribution in [0.4, 0.5) is 5.69 Å². The van der Waals surface area contributed by atoms with E-state index in [1.54, 1.807) is 28.8 Å². The number of nitrogens with zero attached hydrogens (tertiary/aromatic N) is 4. The van der Waals surface area contributed by atoms with Gasteiger partial charge in [0.05, 0.1) is 18.4 Å². The summed E-state index contributed by atoms with van der Waals surface area (Å²) in [6.07, 6.45) is 4.74. The zero-order valence-corrected chi connectivity index (χ0v) is 13.8. The maximum atomic E-state index is 12.6. The van der Waals surface area contributed by atoms with Gasteiger partial charge in [-0.3, -0.25) is 9.48 Å². The normalized spacial score (nSPS) is 17.9. The summed E-state index contributed by atoms with van der Waals surface area (Å²) in [5.74, 6) is 0.0914. The molecule has 0 fully saturated rings. The number of benzene rings is 1. The molecule has 22 heavy (non-hydrogen) atoms. The quantitative estimate of drug-likeness (QED) is 0.863. The lowest BCUT2D eigenvalue weighted by molar-refractivity contribution is -0.118. The van der Waals surface area contributed by atoms with Crippen LogP contribution >= 0.6 is 23.4 Å². The standard InChI is InChI=1S/C15H17ClN4OS/c1-11-4-8-20(13-10-12(16)2-3-14(13)22-11)15(21)5-7-19-9-6-17-18-19/h2-3,6,9-11H,4-5,7-8H2,1H3/t11-/m1/s1. The number of aromatic nitrogens is 3. The Labute approximate surface area is 138 Å². The number of halogens is 1. The van der Waals surface area contributed by atoms with E-state index in [0.717, 1.165) is 23.5 Å². The van der Waals surface area contributed by atoms with Crippen LogP contribution in [0.3, 0.4) is 0 Å². The van der Waals surface area contributed by atoms with Crippen molar-refractivity contribution in [3.8, 4) is 0 Å². The van der Waals surface area contributed by atoms with Gasteiger partial charge in [0.15, 0.2) is 0 Å². The molecule has 1 aromatic carbocycles. The summed E-state index contributed by atoms with van der Waals surface area (Å²) in [7, 11) is 0. The third-order valence-corrected chi connectivity index (χ3v) is 5.10. The first-order valence-corrected chi connectivity index (χ1v) is 8.50. The van der Waals surface area contributed by atoms with Crippen molar-refractivity contribution >= 4 is 35.0 Å². The van der Waals surface area contributed by atoms with Crippen LogP contribution in [0.2, 0.25) is 5.02 Å². The van der Waals surface area contributed by atoms with Gasteiger partial charge in [-0.2, -0.15) is 0 Å². The largest absolute Gasteiger partial charge is 0.311 e. The second-order valence-electron chi connectivity index (χ2n) is 5.29. The van der Waals surface area contributed by atoms with Crippen molar-refractivity contribution < 1.29 is 4.79 Å². The van der Waals surface area contributed by atoms with Crippen molar-refractivity contribution in [2.45, 2.75) is 36.5 Å². The van der Waals surface area contributed by atoms with E-state index < -0.39 is 0 Å². The van der Waals surface area contributed by atoms with Crippen molar-refractivity contribution in [3.63, 3.8) is 0 Å². The topological polar surface area (TPSA) is 51.0 Å². The van der Waals surface area contributed by atoms with E-state index in [0.29, 0.717) is 23.2 Å². The number of fused-ring (bicyclic) bond motifs is 1. The minimum Gasteiger partial charge on any atom is -0.311 e. The summed E-state index contributed by atoms with van der Waals surface area (Å²) >= 11 is 7.92. The minimum atomic E-state index is 0.0914. The molecule has 5 nitrogen and oxygen atoms in total. The van der Waals surface area contributed by atoms with Crippen LogP contribution in [0.25, 0.3) is 0 Å². The Morgan fingerprint density at radius 3 is 3.14 bits per heavy atom. The first-order chi connectivity index (χ1) is 10.6. The fraction of sp³-hybridized carbons (Fsp3) is 0.400. The third-order valence-electron chi connectivity index (χ3n) is 3.63. The number of amides is 1. The van der Waals surface area contributed by atoms with Gasteiger partial charge in [-0.15, -0.1) is 16.9 Å². The Morgan fingerprint density at radius 2 is 2.36 bits per heavy atom. The third kappa shape index (κ3) is 3.44. The van der Waals surface area contributed by atoms with E-state index in [4.69, 9.17) is 11.6 Å². The van der Waals surface area contributed by atoms with Crippen molar-refractivity contribution in [3.05, 3.63) is 35.6 Å². The second kappa shape index (κ2) is 6.71. The monoisotopic (exact) mass is 336 g/mol. The fourth-order valence-corrected chi connectivity index (χ4v) is 3.72.